The Morgan fingerprint density at radius 2 is 1.78 bits per heavy atom. The van der Waals surface area contributed by atoms with Gasteiger partial charge in [-0.25, -0.2) is 0 Å². The summed E-state index contributed by atoms with van der Waals surface area (Å²) in [7, 11) is 0. The van der Waals surface area contributed by atoms with Gasteiger partial charge < -0.3 is 9.94 Å². The van der Waals surface area contributed by atoms with Gasteiger partial charge in [-0.2, -0.15) is 0 Å². The zero-order chi connectivity index (χ0) is 12.6. The summed E-state index contributed by atoms with van der Waals surface area (Å²) in [6.07, 6.45) is 1.64. The maximum Gasteiger partial charge on any atom is 0.140 e. The van der Waals surface area contributed by atoms with Gasteiger partial charge in [-0.3, -0.25) is 0 Å². The average Bonchev–Trinajstić information content (AvgIpc) is 2.45. The van der Waals surface area contributed by atoms with Crippen molar-refractivity contribution in [2.24, 2.45) is 5.16 Å². The molecule has 2 aromatic carbocycles. The maximum absolute atomic E-state index is 8.56. The van der Waals surface area contributed by atoms with Crippen LogP contribution in [-0.4, -0.2) is 24.5 Å². The van der Waals surface area contributed by atoms with Gasteiger partial charge >= 0.3 is 0 Å². The van der Waals surface area contributed by atoms with Crippen LogP contribution in [0.5, 0.6) is 0 Å². The fourth-order valence-electron chi connectivity index (χ4n) is 1.62. The molecule has 92 valence electrons. The van der Waals surface area contributed by atoms with Crippen LogP contribution >= 0.6 is 0 Å². The van der Waals surface area contributed by atoms with Gasteiger partial charge in [0.2, 0.25) is 0 Å². The Kier molecular flexibility index (Phi) is 4.50. The van der Waals surface area contributed by atoms with Crippen molar-refractivity contribution in [2.45, 2.75) is 0 Å². The molecule has 18 heavy (non-hydrogen) atoms. The first kappa shape index (κ1) is 12.3. The summed E-state index contributed by atoms with van der Waals surface area (Å²) in [5.41, 5.74) is 3.28. The molecule has 0 amide bonds. The molecule has 0 unspecified atom stereocenters. The van der Waals surface area contributed by atoms with E-state index in [2.05, 4.69) is 23.4 Å². The average molecular weight is 241 g/mol. The molecule has 0 saturated heterocycles. The molecule has 2 aromatic rings. The second kappa shape index (κ2) is 6.57. The summed E-state index contributed by atoms with van der Waals surface area (Å²) in [4.78, 5) is 4.85. The zero-order valence-corrected chi connectivity index (χ0v) is 9.99. The molecule has 0 fully saturated rings. The van der Waals surface area contributed by atoms with Crippen LogP contribution in [0.4, 0.5) is 0 Å². The first-order chi connectivity index (χ1) is 8.90. The van der Waals surface area contributed by atoms with E-state index in [1.807, 2.05) is 36.4 Å². The zero-order valence-electron chi connectivity index (χ0n) is 9.99. The van der Waals surface area contributed by atoms with E-state index in [0.717, 1.165) is 11.1 Å². The minimum atomic E-state index is -0.0264. The lowest BCUT2D eigenvalue weighted by atomic mass is 10.0. The van der Waals surface area contributed by atoms with Gasteiger partial charge in [-0.1, -0.05) is 53.7 Å². The van der Waals surface area contributed by atoms with Gasteiger partial charge in [0.25, 0.3) is 0 Å². The summed E-state index contributed by atoms with van der Waals surface area (Å²) in [6, 6.07) is 18.2. The number of rotatable bonds is 5. The lowest BCUT2D eigenvalue weighted by molar-refractivity contribution is 0.0997. The molecule has 0 aromatic heterocycles. The van der Waals surface area contributed by atoms with E-state index in [1.54, 1.807) is 6.21 Å². The maximum atomic E-state index is 8.56. The normalized spacial score (nSPS) is 10.7. The van der Waals surface area contributed by atoms with E-state index >= 15 is 0 Å². The van der Waals surface area contributed by atoms with Gasteiger partial charge in [0.1, 0.15) is 6.61 Å². The van der Waals surface area contributed by atoms with E-state index in [0.29, 0.717) is 0 Å². The Bertz CT molecular complexity index is 509. The lowest BCUT2D eigenvalue weighted by Crippen LogP contribution is -1.93. The summed E-state index contributed by atoms with van der Waals surface area (Å²) in [5, 5.41) is 12.3. The summed E-state index contributed by atoms with van der Waals surface area (Å²) < 4.78 is 0. The number of hydrogen-bond acceptors (Lipinski definition) is 3. The van der Waals surface area contributed by atoms with Crippen LogP contribution in [0.2, 0.25) is 0 Å². The molecule has 0 saturated carbocycles. The molecule has 0 aliphatic carbocycles. The highest BCUT2D eigenvalue weighted by Crippen LogP contribution is 2.19. The molecule has 0 aliphatic rings. The first-order valence-electron chi connectivity index (χ1n) is 5.82. The molecule has 1 N–H and O–H groups in total. The van der Waals surface area contributed by atoms with E-state index in [9.17, 15) is 0 Å². The van der Waals surface area contributed by atoms with E-state index in [1.165, 1.54) is 5.56 Å². The number of nitrogens with zero attached hydrogens (tertiary/aromatic N) is 1. The Hall–Kier alpha value is -2.13. The van der Waals surface area contributed by atoms with Gasteiger partial charge in [-0.05, 0) is 22.8 Å². The Morgan fingerprint density at radius 3 is 2.56 bits per heavy atom. The molecule has 3 heteroatoms. The van der Waals surface area contributed by atoms with Crippen molar-refractivity contribution in [1.82, 2.24) is 0 Å². The van der Waals surface area contributed by atoms with Crippen LogP contribution in [0, 0.1) is 0 Å². The number of aliphatic hydroxyl groups excluding tert-OH is 1. The van der Waals surface area contributed by atoms with E-state index in [4.69, 9.17) is 9.94 Å². The third-order valence-electron chi connectivity index (χ3n) is 2.45. The van der Waals surface area contributed by atoms with Crippen molar-refractivity contribution in [2.75, 3.05) is 13.2 Å². The minimum Gasteiger partial charge on any atom is -0.393 e. The number of benzene rings is 2. The van der Waals surface area contributed by atoms with Crippen LogP contribution in [0.25, 0.3) is 11.1 Å². The van der Waals surface area contributed by atoms with E-state index < -0.39 is 0 Å². The predicted molar refractivity (Wildman–Crippen MR) is 72.5 cm³/mol. The third-order valence-corrected chi connectivity index (χ3v) is 2.45. The molecule has 3 nitrogen and oxygen atoms in total. The fraction of sp³-hybridized carbons (Fsp3) is 0.133. The first-order valence-corrected chi connectivity index (χ1v) is 5.82. The van der Waals surface area contributed by atoms with Gasteiger partial charge in [0.15, 0.2) is 0 Å². The molecular weight excluding hydrogens is 226 g/mol. The summed E-state index contributed by atoms with van der Waals surface area (Å²) in [6.45, 7) is 0.191. The molecule has 0 bridgehead atoms. The Morgan fingerprint density at radius 1 is 1.00 bits per heavy atom. The van der Waals surface area contributed by atoms with Crippen LogP contribution < -0.4 is 0 Å². The predicted octanol–water partition coefficient (Wildman–Crippen LogP) is 2.70. The van der Waals surface area contributed by atoms with Crippen molar-refractivity contribution in [1.29, 1.82) is 0 Å². The van der Waals surface area contributed by atoms with Gasteiger partial charge in [-0.15, -0.1) is 0 Å². The molecule has 0 atom stereocenters. The van der Waals surface area contributed by atoms with Crippen molar-refractivity contribution in [3.05, 3.63) is 60.2 Å². The smallest absolute Gasteiger partial charge is 0.140 e. The standard InChI is InChI=1S/C15H15NO2/c17-9-10-18-16-12-13-5-4-8-15(11-13)14-6-2-1-3-7-14/h1-8,11-12,17H,9-10H2. The number of oxime groups is 1. The summed E-state index contributed by atoms with van der Waals surface area (Å²) >= 11 is 0. The Balaban J connectivity index is 2.13. The second-order valence-electron chi connectivity index (χ2n) is 3.78. The van der Waals surface area contributed by atoms with Crippen LogP contribution in [0.3, 0.4) is 0 Å². The van der Waals surface area contributed by atoms with Gasteiger partial charge in [0, 0.05) is 0 Å². The largest absolute Gasteiger partial charge is 0.393 e. The molecule has 0 radical (unpaired) electrons. The highest BCUT2D eigenvalue weighted by atomic mass is 16.6. The van der Waals surface area contributed by atoms with E-state index in [-0.39, 0.29) is 13.2 Å². The highest BCUT2D eigenvalue weighted by molar-refractivity contribution is 5.82. The topological polar surface area (TPSA) is 41.8 Å². The molecule has 2 rings (SSSR count). The van der Waals surface area contributed by atoms with Crippen molar-refractivity contribution >= 4 is 6.21 Å². The molecule has 0 heterocycles. The highest BCUT2D eigenvalue weighted by Gasteiger charge is 1.96. The lowest BCUT2D eigenvalue weighted by Gasteiger charge is -2.02. The monoisotopic (exact) mass is 241 g/mol. The van der Waals surface area contributed by atoms with Crippen molar-refractivity contribution in [3.63, 3.8) is 0 Å². The third kappa shape index (κ3) is 3.43. The molecular formula is C15H15NO2. The minimum absolute atomic E-state index is 0.0264. The molecule has 0 aliphatic heterocycles. The van der Waals surface area contributed by atoms with Crippen molar-refractivity contribution < 1.29 is 9.94 Å². The second-order valence-corrected chi connectivity index (χ2v) is 3.78. The van der Waals surface area contributed by atoms with Gasteiger partial charge in [0.05, 0.1) is 12.8 Å². The Labute approximate surface area is 106 Å². The molecule has 0 spiro atoms. The van der Waals surface area contributed by atoms with Crippen LogP contribution in [-0.2, 0) is 4.84 Å². The van der Waals surface area contributed by atoms with Crippen LogP contribution in [0.15, 0.2) is 59.8 Å². The quantitative estimate of drug-likeness (QED) is 0.497. The summed E-state index contributed by atoms with van der Waals surface area (Å²) in [5.74, 6) is 0. The fourth-order valence-corrected chi connectivity index (χ4v) is 1.62. The van der Waals surface area contributed by atoms with Crippen LogP contribution in [0.1, 0.15) is 5.56 Å². The number of hydrogen-bond donors (Lipinski definition) is 1. The number of aliphatic hydroxyl groups is 1. The SMILES string of the molecule is OCCON=Cc1cccc(-c2ccccc2)c1. The van der Waals surface area contributed by atoms with Crippen molar-refractivity contribution in [3.8, 4) is 11.1 Å².